The van der Waals surface area contributed by atoms with E-state index in [9.17, 15) is 36.3 Å². The van der Waals surface area contributed by atoms with Crippen molar-refractivity contribution in [2.45, 2.75) is 44.2 Å². The van der Waals surface area contributed by atoms with E-state index >= 15 is 0 Å². The molecule has 2 atom stereocenters. The fourth-order valence-corrected chi connectivity index (χ4v) is 4.67. The largest absolute Gasteiger partial charge is 0.454 e. The number of carbonyl (C=O) groups is 3. The number of aromatic nitrogens is 1. The summed E-state index contributed by atoms with van der Waals surface area (Å²) >= 11 is 5.76. The number of para-hydroxylation sites is 1. The average molecular weight is 527 g/mol. The number of rotatable bonds is 7. The van der Waals surface area contributed by atoms with Gasteiger partial charge >= 0.3 is 6.18 Å². The molecule has 0 radical (unpaired) electrons. The van der Waals surface area contributed by atoms with Gasteiger partial charge in [-0.3, -0.25) is 14.4 Å². The number of ketones is 2. The van der Waals surface area contributed by atoms with Crippen LogP contribution in [0.3, 0.4) is 0 Å². The Morgan fingerprint density at radius 3 is 2.50 bits per heavy atom. The maximum absolute atomic E-state index is 14.3. The molecular weight excluding hydrogens is 507 g/mol. The first-order valence-electron chi connectivity index (χ1n) is 11.1. The highest BCUT2D eigenvalue weighted by atomic mass is 35.5. The van der Waals surface area contributed by atoms with Crippen LogP contribution in [0.5, 0.6) is 0 Å². The van der Waals surface area contributed by atoms with Crippen LogP contribution in [0.2, 0.25) is 5.02 Å². The molecular formula is C25H20ClF5N2O3. The van der Waals surface area contributed by atoms with Gasteiger partial charge in [-0.15, -0.1) is 0 Å². The van der Waals surface area contributed by atoms with Crippen LogP contribution in [-0.4, -0.2) is 51.9 Å². The van der Waals surface area contributed by atoms with Gasteiger partial charge in [-0.25, -0.2) is 8.78 Å². The van der Waals surface area contributed by atoms with Crippen molar-refractivity contribution in [3.63, 3.8) is 0 Å². The Morgan fingerprint density at radius 2 is 1.78 bits per heavy atom. The first-order chi connectivity index (χ1) is 17.0. The van der Waals surface area contributed by atoms with Gasteiger partial charge in [0.1, 0.15) is 18.5 Å². The van der Waals surface area contributed by atoms with Gasteiger partial charge < -0.3 is 9.47 Å². The van der Waals surface area contributed by atoms with Crippen LogP contribution in [0.1, 0.15) is 28.8 Å². The monoisotopic (exact) mass is 526 g/mol. The van der Waals surface area contributed by atoms with Gasteiger partial charge in [0.05, 0.1) is 23.2 Å². The lowest BCUT2D eigenvalue weighted by atomic mass is 10.0. The minimum Gasteiger partial charge on any atom is -0.337 e. The van der Waals surface area contributed by atoms with Gasteiger partial charge in [0.2, 0.25) is 5.91 Å². The lowest BCUT2D eigenvalue weighted by Gasteiger charge is -2.24. The topological polar surface area (TPSA) is 59.4 Å². The van der Waals surface area contributed by atoms with Gasteiger partial charge in [0.25, 0.3) is 5.78 Å². The smallest absolute Gasteiger partial charge is 0.337 e. The van der Waals surface area contributed by atoms with Crippen LogP contribution in [0.25, 0.3) is 10.9 Å². The fraction of sp³-hybridized carbons (Fsp3) is 0.320. The van der Waals surface area contributed by atoms with E-state index in [1.54, 1.807) is 6.07 Å². The summed E-state index contributed by atoms with van der Waals surface area (Å²) in [5.41, 5.74) is -0.176. The number of halogens is 6. The minimum atomic E-state index is -5.10. The van der Waals surface area contributed by atoms with Gasteiger partial charge in [0.15, 0.2) is 5.78 Å². The summed E-state index contributed by atoms with van der Waals surface area (Å²) in [7, 11) is 0. The number of likely N-dealkylation sites (tertiary alicyclic amines) is 1. The number of hydrogen-bond donors (Lipinski definition) is 0. The Kier molecular flexibility index (Phi) is 7.17. The van der Waals surface area contributed by atoms with Crippen LogP contribution in [0.4, 0.5) is 22.0 Å². The molecule has 1 aromatic heterocycles. The zero-order chi connectivity index (χ0) is 26.2. The molecule has 0 aliphatic carbocycles. The van der Waals surface area contributed by atoms with Crippen molar-refractivity contribution in [1.82, 2.24) is 9.47 Å². The zero-order valence-corrected chi connectivity index (χ0v) is 19.5. The Morgan fingerprint density at radius 1 is 1.06 bits per heavy atom. The summed E-state index contributed by atoms with van der Waals surface area (Å²) in [6, 6.07) is 9.09. The van der Waals surface area contributed by atoms with E-state index in [4.69, 9.17) is 11.6 Å². The number of Topliss-reactive ketones (excluding diaryl/α,β-unsaturated/α-hetero) is 2. The second kappa shape index (κ2) is 10.0. The number of fused-ring (bicyclic) bond motifs is 1. The summed E-state index contributed by atoms with van der Waals surface area (Å²) in [6.45, 7) is -0.848. The van der Waals surface area contributed by atoms with E-state index in [1.165, 1.54) is 41.0 Å². The Bertz CT molecular complexity index is 1340. The zero-order valence-electron chi connectivity index (χ0n) is 18.7. The summed E-state index contributed by atoms with van der Waals surface area (Å²) < 4.78 is 68.8. The van der Waals surface area contributed by atoms with Gasteiger partial charge in [-0.05, 0) is 24.1 Å². The minimum absolute atomic E-state index is 0.00582. The molecule has 1 fully saturated rings. The number of amides is 1. The van der Waals surface area contributed by atoms with Crippen LogP contribution < -0.4 is 0 Å². The van der Waals surface area contributed by atoms with Crippen LogP contribution in [0.15, 0.2) is 48.7 Å². The van der Waals surface area contributed by atoms with Crippen LogP contribution >= 0.6 is 11.6 Å². The van der Waals surface area contributed by atoms with E-state index in [0.29, 0.717) is 0 Å². The molecule has 0 saturated carbocycles. The second-order valence-corrected chi connectivity index (χ2v) is 9.00. The Labute approximate surface area is 207 Å². The normalized spacial score (nSPS) is 18.1. The molecule has 1 amide bonds. The fourth-order valence-electron chi connectivity index (χ4n) is 4.48. The van der Waals surface area contributed by atoms with Crippen molar-refractivity contribution in [3.8, 4) is 0 Å². The first kappa shape index (κ1) is 25.8. The quantitative estimate of drug-likeness (QED) is 0.309. The summed E-state index contributed by atoms with van der Waals surface area (Å²) in [5, 5.41) is -0.0719. The molecule has 4 rings (SSSR count). The Balaban J connectivity index is 1.53. The molecule has 0 unspecified atom stereocenters. The highest BCUT2D eigenvalue weighted by molar-refractivity contribution is 6.30. The molecule has 5 nitrogen and oxygen atoms in total. The summed E-state index contributed by atoms with van der Waals surface area (Å²) in [4.78, 5) is 38.9. The standard InChI is InChI=1S/C25H20ClF5N2O3/c26-18-6-3-4-14(23(18)28)8-9-21(34)20-10-15(27)11-33(20)22(35)13-32-12-17(24(36)25(29,30)31)16-5-1-2-7-19(16)32/h1-7,12,15,20H,8-11,13H2/t15-,20+/m1/s1. The molecule has 36 heavy (non-hydrogen) atoms. The lowest BCUT2D eigenvalue weighted by molar-refractivity contribution is -0.138. The van der Waals surface area contributed by atoms with Crippen molar-refractivity contribution >= 4 is 40.0 Å². The molecule has 0 N–H and O–H groups in total. The van der Waals surface area contributed by atoms with Crippen molar-refractivity contribution in [3.05, 3.63) is 70.6 Å². The van der Waals surface area contributed by atoms with Crippen molar-refractivity contribution in [2.24, 2.45) is 0 Å². The summed E-state index contributed by atoms with van der Waals surface area (Å²) in [6.07, 6.45) is -6.00. The third-order valence-electron chi connectivity index (χ3n) is 6.21. The van der Waals surface area contributed by atoms with Crippen LogP contribution in [-0.2, 0) is 22.6 Å². The highest BCUT2D eigenvalue weighted by Crippen LogP contribution is 2.30. The molecule has 190 valence electrons. The van der Waals surface area contributed by atoms with E-state index < -0.39 is 53.8 Å². The molecule has 1 aliphatic heterocycles. The van der Waals surface area contributed by atoms with Crippen LogP contribution in [0, 0.1) is 5.82 Å². The number of hydrogen-bond acceptors (Lipinski definition) is 3. The van der Waals surface area contributed by atoms with Crippen molar-refractivity contribution in [2.75, 3.05) is 6.54 Å². The highest BCUT2D eigenvalue weighted by Gasteiger charge is 2.42. The number of alkyl halides is 4. The molecule has 11 heteroatoms. The molecule has 1 aliphatic rings. The van der Waals surface area contributed by atoms with E-state index in [0.717, 1.165) is 11.1 Å². The lowest BCUT2D eigenvalue weighted by Crippen LogP contribution is -2.42. The molecule has 3 aromatic rings. The third-order valence-corrected chi connectivity index (χ3v) is 6.50. The Hall–Kier alpha value is -3.27. The molecule has 1 saturated heterocycles. The van der Waals surface area contributed by atoms with E-state index in [1.807, 2.05) is 0 Å². The number of nitrogens with zero attached hydrogens (tertiary/aromatic N) is 2. The van der Waals surface area contributed by atoms with Gasteiger partial charge in [0, 0.05) is 29.9 Å². The van der Waals surface area contributed by atoms with E-state index in [2.05, 4.69) is 0 Å². The number of benzene rings is 2. The molecule has 0 bridgehead atoms. The van der Waals surface area contributed by atoms with Crippen molar-refractivity contribution in [1.29, 1.82) is 0 Å². The molecule has 0 spiro atoms. The number of aryl methyl sites for hydroxylation is 1. The predicted molar refractivity (Wildman–Crippen MR) is 122 cm³/mol. The summed E-state index contributed by atoms with van der Waals surface area (Å²) in [5.74, 6) is -3.85. The predicted octanol–water partition coefficient (Wildman–Crippen LogP) is 5.32. The third kappa shape index (κ3) is 5.13. The number of carbonyl (C=O) groups excluding carboxylic acids is 3. The van der Waals surface area contributed by atoms with Crippen molar-refractivity contribution < 1.29 is 36.3 Å². The SMILES string of the molecule is O=C(CCc1cccc(Cl)c1F)[C@@H]1C[C@@H](F)CN1C(=O)Cn1cc(C(=O)C(F)(F)F)c2ccccc21. The maximum atomic E-state index is 14.3. The first-order valence-corrected chi connectivity index (χ1v) is 11.4. The molecule has 2 aromatic carbocycles. The molecule has 2 heterocycles. The van der Waals surface area contributed by atoms with Gasteiger partial charge in [-0.2, -0.15) is 13.2 Å². The second-order valence-electron chi connectivity index (χ2n) is 8.59. The van der Waals surface area contributed by atoms with Gasteiger partial charge in [-0.1, -0.05) is 41.9 Å². The maximum Gasteiger partial charge on any atom is 0.454 e. The average Bonchev–Trinajstić information content (AvgIpc) is 3.39. The van der Waals surface area contributed by atoms with E-state index in [-0.39, 0.29) is 47.3 Å².